The molecule has 3 rings (SSSR count). The second kappa shape index (κ2) is 18.4. The maximum absolute atomic E-state index is 12.9. The van der Waals surface area contributed by atoms with Crippen LogP contribution in [0.3, 0.4) is 0 Å². The van der Waals surface area contributed by atoms with E-state index >= 15 is 0 Å². The highest BCUT2D eigenvalue weighted by Crippen LogP contribution is 2.25. The Morgan fingerprint density at radius 2 is 1.68 bits per heavy atom. The number of ether oxygens (including phenoxy) is 3. The molecule has 2 aromatic carbocycles. The van der Waals surface area contributed by atoms with Gasteiger partial charge >= 0.3 is 0 Å². The molecule has 38 heavy (non-hydrogen) atoms. The van der Waals surface area contributed by atoms with Gasteiger partial charge in [0.2, 0.25) is 5.78 Å². The van der Waals surface area contributed by atoms with Gasteiger partial charge in [-0.05, 0) is 44.5 Å². The van der Waals surface area contributed by atoms with Crippen molar-refractivity contribution in [1.82, 2.24) is 9.55 Å². The summed E-state index contributed by atoms with van der Waals surface area (Å²) < 4.78 is 17.5. The predicted molar refractivity (Wildman–Crippen MR) is 152 cm³/mol. The van der Waals surface area contributed by atoms with Crippen LogP contribution in [0.15, 0.2) is 61.7 Å². The molecule has 0 spiro atoms. The summed E-state index contributed by atoms with van der Waals surface area (Å²) in [6.45, 7) is 15.6. The molecule has 0 bridgehead atoms. The third-order valence-corrected chi connectivity index (χ3v) is 5.59. The number of aryl methyl sites for hydroxylation is 1. The topological polar surface area (TPSA) is 79.7 Å². The molecule has 0 N–H and O–H groups in total. The fourth-order valence-electron chi connectivity index (χ4n) is 3.36. The summed E-state index contributed by atoms with van der Waals surface area (Å²) in [5.41, 5.74) is 1.48. The second-order valence-electron chi connectivity index (χ2n) is 7.56. The maximum Gasteiger partial charge on any atom is 0.215 e. The van der Waals surface area contributed by atoms with Crippen molar-refractivity contribution in [3.63, 3.8) is 0 Å². The number of aldehydes is 1. The Kier molecular flexibility index (Phi) is 16.1. The monoisotopic (exact) mass is 562 g/mol. The smallest absolute Gasteiger partial charge is 0.215 e. The predicted octanol–water partition coefficient (Wildman–Crippen LogP) is 7.18. The van der Waals surface area contributed by atoms with Crippen molar-refractivity contribution < 1.29 is 23.8 Å². The molecule has 1 heterocycles. The van der Waals surface area contributed by atoms with E-state index in [-0.39, 0.29) is 35.0 Å². The average molecular weight is 564 g/mol. The van der Waals surface area contributed by atoms with E-state index in [9.17, 15) is 9.59 Å². The molecule has 0 aliphatic rings. The van der Waals surface area contributed by atoms with E-state index in [1.54, 1.807) is 10.6 Å². The SMILES string of the molecule is C=C.CCOC(C)OCC.CCc1nc(C(=O)c2ccc(Cl)cc2Cl)c(C=O)n1COCc1ccccc1. The number of hydrogen-bond donors (Lipinski definition) is 0. The van der Waals surface area contributed by atoms with Crippen LogP contribution in [-0.2, 0) is 34.0 Å². The maximum atomic E-state index is 12.9. The standard InChI is InChI=1S/C21H18Cl2N2O3.C6H14O2.C2H4/c1-2-19-24-20(21(27)16-9-8-15(22)10-17(16)23)18(11-26)25(19)13-28-12-14-6-4-3-5-7-14;1-4-7-6(3)8-5-2;1-2/h3-11H,2,12-13H2,1H3;6H,4-5H2,1-3H3;1-2H2. The van der Waals surface area contributed by atoms with Crippen molar-refractivity contribution in [3.05, 3.63) is 100 Å². The zero-order valence-electron chi connectivity index (χ0n) is 22.4. The lowest BCUT2D eigenvalue weighted by Gasteiger charge is -2.10. The molecule has 9 heteroatoms. The Morgan fingerprint density at radius 1 is 1.05 bits per heavy atom. The molecule has 0 aliphatic heterocycles. The van der Waals surface area contributed by atoms with E-state index in [1.165, 1.54) is 12.1 Å². The molecule has 0 unspecified atom stereocenters. The molecular formula is C29H36Cl2N2O5. The number of rotatable bonds is 12. The molecule has 0 radical (unpaired) electrons. The van der Waals surface area contributed by atoms with Crippen molar-refractivity contribution in [1.29, 1.82) is 0 Å². The van der Waals surface area contributed by atoms with Crippen molar-refractivity contribution in [2.24, 2.45) is 0 Å². The third-order valence-electron chi connectivity index (χ3n) is 5.04. The van der Waals surface area contributed by atoms with Crippen LogP contribution in [-0.4, -0.2) is 41.1 Å². The first-order valence-corrected chi connectivity index (χ1v) is 13.0. The Bertz CT molecular complexity index is 1130. The van der Waals surface area contributed by atoms with Gasteiger partial charge < -0.3 is 18.8 Å². The van der Waals surface area contributed by atoms with Gasteiger partial charge in [-0.15, -0.1) is 13.2 Å². The molecule has 0 atom stereocenters. The number of hydrogen-bond acceptors (Lipinski definition) is 6. The zero-order chi connectivity index (χ0) is 28.5. The van der Waals surface area contributed by atoms with Crippen LogP contribution in [0.5, 0.6) is 0 Å². The Hall–Kier alpha value is -2.81. The van der Waals surface area contributed by atoms with E-state index in [2.05, 4.69) is 18.1 Å². The van der Waals surface area contributed by atoms with Gasteiger partial charge in [-0.25, -0.2) is 4.98 Å². The van der Waals surface area contributed by atoms with Gasteiger partial charge in [-0.1, -0.05) is 60.5 Å². The lowest BCUT2D eigenvalue weighted by Crippen LogP contribution is -2.11. The first-order valence-electron chi connectivity index (χ1n) is 12.2. The van der Waals surface area contributed by atoms with Crippen LogP contribution in [0.25, 0.3) is 0 Å². The molecule has 0 amide bonds. The minimum absolute atomic E-state index is 0.0370. The van der Waals surface area contributed by atoms with Crippen LogP contribution in [0.2, 0.25) is 10.0 Å². The summed E-state index contributed by atoms with van der Waals surface area (Å²) >= 11 is 12.0. The third kappa shape index (κ3) is 10.2. The number of carbonyl (C=O) groups is 2. The summed E-state index contributed by atoms with van der Waals surface area (Å²) in [5.74, 6) is 0.156. The fraction of sp³-hybridized carbons (Fsp3) is 0.345. The first-order chi connectivity index (χ1) is 18.4. The van der Waals surface area contributed by atoms with E-state index in [4.69, 9.17) is 37.4 Å². The minimum atomic E-state index is -0.430. The van der Waals surface area contributed by atoms with Crippen molar-refractivity contribution in [2.45, 2.75) is 53.7 Å². The van der Waals surface area contributed by atoms with Gasteiger partial charge in [-0.3, -0.25) is 9.59 Å². The molecule has 3 aromatic rings. The van der Waals surface area contributed by atoms with E-state index < -0.39 is 5.78 Å². The number of benzene rings is 2. The van der Waals surface area contributed by atoms with E-state index in [1.807, 2.05) is 58.0 Å². The normalized spacial score (nSPS) is 10.3. The van der Waals surface area contributed by atoms with Gasteiger partial charge in [0.15, 0.2) is 12.6 Å². The lowest BCUT2D eigenvalue weighted by molar-refractivity contribution is -0.123. The number of nitrogens with zero attached hydrogens (tertiary/aromatic N) is 2. The van der Waals surface area contributed by atoms with Crippen LogP contribution in [0.4, 0.5) is 0 Å². The highest BCUT2D eigenvalue weighted by Gasteiger charge is 2.24. The van der Waals surface area contributed by atoms with Crippen LogP contribution in [0, 0.1) is 0 Å². The van der Waals surface area contributed by atoms with Crippen molar-refractivity contribution >= 4 is 35.3 Å². The van der Waals surface area contributed by atoms with Crippen molar-refractivity contribution in [2.75, 3.05) is 13.2 Å². The molecule has 0 aliphatic carbocycles. The van der Waals surface area contributed by atoms with Crippen molar-refractivity contribution in [3.8, 4) is 0 Å². The van der Waals surface area contributed by atoms with Gasteiger partial charge in [-0.2, -0.15) is 0 Å². The number of imidazole rings is 1. The van der Waals surface area contributed by atoms with Gasteiger partial charge in [0.25, 0.3) is 0 Å². The van der Waals surface area contributed by atoms with Gasteiger partial charge in [0.05, 0.1) is 11.6 Å². The average Bonchev–Trinajstić information content (AvgIpc) is 3.28. The highest BCUT2D eigenvalue weighted by atomic mass is 35.5. The Labute approximate surface area is 235 Å². The molecule has 1 aromatic heterocycles. The Balaban J connectivity index is 0.000000620. The van der Waals surface area contributed by atoms with Crippen LogP contribution >= 0.6 is 23.2 Å². The summed E-state index contributed by atoms with van der Waals surface area (Å²) in [4.78, 5) is 29.1. The molecule has 7 nitrogen and oxygen atoms in total. The molecular weight excluding hydrogens is 527 g/mol. The van der Waals surface area contributed by atoms with Gasteiger partial charge in [0, 0.05) is 30.2 Å². The number of ketones is 1. The highest BCUT2D eigenvalue weighted by molar-refractivity contribution is 6.37. The van der Waals surface area contributed by atoms with Gasteiger partial charge in [0.1, 0.15) is 23.9 Å². The molecule has 0 saturated carbocycles. The molecule has 206 valence electrons. The summed E-state index contributed by atoms with van der Waals surface area (Å²) in [6, 6.07) is 14.3. The van der Waals surface area contributed by atoms with E-state index in [0.29, 0.717) is 30.2 Å². The number of halogens is 2. The van der Waals surface area contributed by atoms with E-state index in [0.717, 1.165) is 18.8 Å². The summed E-state index contributed by atoms with van der Waals surface area (Å²) in [7, 11) is 0. The molecule has 0 saturated heterocycles. The summed E-state index contributed by atoms with van der Waals surface area (Å²) in [6.07, 6.45) is 1.12. The fourth-order valence-corrected chi connectivity index (χ4v) is 3.86. The number of aromatic nitrogens is 2. The molecule has 0 fully saturated rings. The largest absolute Gasteiger partial charge is 0.356 e. The second-order valence-corrected chi connectivity index (χ2v) is 8.40. The van der Waals surface area contributed by atoms with Crippen LogP contribution in [0.1, 0.15) is 65.6 Å². The quantitative estimate of drug-likeness (QED) is 0.101. The summed E-state index contributed by atoms with van der Waals surface area (Å²) in [5, 5.41) is 0.633. The lowest BCUT2D eigenvalue weighted by atomic mass is 10.1. The number of carbonyl (C=O) groups excluding carboxylic acids is 2. The first kappa shape index (κ1) is 33.2. The Morgan fingerprint density at radius 3 is 2.21 bits per heavy atom. The zero-order valence-corrected chi connectivity index (χ0v) is 23.9. The van der Waals surface area contributed by atoms with Crippen LogP contribution < -0.4 is 0 Å². The minimum Gasteiger partial charge on any atom is -0.356 e.